The van der Waals surface area contributed by atoms with Crippen LogP contribution in [0.3, 0.4) is 0 Å². The fraction of sp³-hybridized carbons (Fsp3) is 0.750. The van der Waals surface area contributed by atoms with Crippen LogP contribution < -0.4 is 11.1 Å². The van der Waals surface area contributed by atoms with Crippen LogP contribution in [0.2, 0.25) is 0 Å². The van der Waals surface area contributed by atoms with Crippen molar-refractivity contribution in [3.63, 3.8) is 0 Å². The Kier molecular flexibility index (Phi) is 4.27. The highest BCUT2D eigenvalue weighted by molar-refractivity contribution is 7.15. The van der Waals surface area contributed by atoms with Gasteiger partial charge in [-0.25, -0.2) is 8.78 Å². The number of carbonyl (C=O) groups is 1. The predicted molar refractivity (Wildman–Crippen MR) is 74.2 cm³/mol. The molecule has 0 aromatic carbocycles. The topological polar surface area (TPSA) is 90.1 Å². The van der Waals surface area contributed by atoms with Crippen LogP contribution in [0.1, 0.15) is 38.6 Å². The number of alkyl halides is 2. The number of hydrogen-bond donors (Lipinski definition) is 2. The van der Waals surface area contributed by atoms with Gasteiger partial charge in [0.1, 0.15) is 5.54 Å². The molecule has 0 bridgehead atoms. The van der Waals surface area contributed by atoms with Crippen molar-refractivity contribution in [2.75, 3.05) is 11.9 Å². The van der Waals surface area contributed by atoms with E-state index in [1.54, 1.807) is 0 Å². The number of anilines is 1. The Morgan fingerprint density at radius 1 is 1.57 bits per heavy atom. The van der Waals surface area contributed by atoms with Crippen LogP contribution in [0, 0.1) is 5.41 Å². The van der Waals surface area contributed by atoms with Crippen LogP contribution >= 0.6 is 11.3 Å². The molecule has 9 heteroatoms. The number of aromatic nitrogens is 2. The van der Waals surface area contributed by atoms with Crippen LogP contribution in [0.5, 0.6) is 0 Å². The zero-order chi connectivity index (χ0) is 15.8. The van der Waals surface area contributed by atoms with Gasteiger partial charge in [0.25, 0.3) is 6.43 Å². The number of halogens is 2. The van der Waals surface area contributed by atoms with Crippen LogP contribution in [-0.4, -0.2) is 34.4 Å². The van der Waals surface area contributed by atoms with Gasteiger partial charge in [-0.3, -0.25) is 10.1 Å². The van der Waals surface area contributed by atoms with Crippen molar-refractivity contribution in [2.24, 2.45) is 11.1 Å². The summed E-state index contributed by atoms with van der Waals surface area (Å²) >= 11 is 0.640. The number of nitrogens with one attached hydrogen (secondary N) is 1. The van der Waals surface area contributed by atoms with Gasteiger partial charge >= 0.3 is 0 Å². The maximum Gasteiger partial charge on any atom is 0.291 e. The molecule has 1 fully saturated rings. The first-order valence-corrected chi connectivity index (χ1v) is 7.37. The van der Waals surface area contributed by atoms with Crippen LogP contribution in [0.15, 0.2) is 0 Å². The van der Waals surface area contributed by atoms with E-state index in [4.69, 9.17) is 10.5 Å². The maximum absolute atomic E-state index is 12.4. The molecule has 6 nitrogen and oxygen atoms in total. The fourth-order valence-electron chi connectivity index (χ4n) is 2.40. The van der Waals surface area contributed by atoms with Crippen molar-refractivity contribution < 1.29 is 18.3 Å². The summed E-state index contributed by atoms with van der Waals surface area (Å²) in [5.74, 6) is -0.458. The molecule has 0 saturated heterocycles. The first-order valence-electron chi connectivity index (χ1n) is 6.56. The zero-order valence-electron chi connectivity index (χ0n) is 12.0. The second kappa shape index (κ2) is 5.54. The molecule has 0 radical (unpaired) electrons. The number of ether oxygens (including phenoxy) is 1. The Bertz CT molecular complexity index is 537. The zero-order valence-corrected chi connectivity index (χ0v) is 12.8. The predicted octanol–water partition coefficient (Wildman–Crippen LogP) is 1.95. The van der Waals surface area contributed by atoms with Crippen LogP contribution in [-0.2, 0) is 9.53 Å². The minimum Gasteiger partial charge on any atom is -0.378 e. The number of rotatable bonds is 5. The molecular formula is C12H18F2N4O2S. The molecule has 1 aromatic rings. The molecule has 118 valence electrons. The molecular weight excluding hydrogens is 302 g/mol. The van der Waals surface area contributed by atoms with Crippen molar-refractivity contribution in [2.45, 2.75) is 45.3 Å². The highest BCUT2D eigenvalue weighted by atomic mass is 32.1. The van der Waals surface area contributed by atoms with Crippen LogP contribution in [0.4, 0.5) is 13.9 Å². The van der Waals surface area contributed by atoms with Gasteiger partial charge in [0.2, 0.25) is 11.0 Å². The molecule has 2 rings (SSSR count). The minimum atomic E-state index is -2.71. The summed E-state index contributed by atoms with van der Waals surface area (Å²) in [6, 6.07) is 0. The van der Waals surface area contributed by atoms with Gasteiger partial charge in [0.15, 0.2) is 5.01 Å². The SMILES string of the molecule is CCOC1CC(N)(C(=O)Nc2nnc(C(F)F)s2)C1(C)C. The highest BCUT2D eigenvalue weighted by Gasteiger charge is 2.63. The van der Waals surface area contributed by atoms with Gasteiger partial charge in [-0.2, -0.15) is 0 Å². The molecule has 1 saturated carbocycles. The Morgan fingerprint density at radius 2 is 2.24 bits per heavy atom. The molecule has 1 heterocycles. The quantitative estimate of drug-likeness (QED) is 0.865. The Morgan fingerprint density at radius 3 is 2.71 bits per heavy atom. The van der Waals surface area contributed by atoms with Gasteiger partial charge in [-0.1, -0.05) is 25.2 Å². The van der Waals surface area contributed by atoms with Gasteiger partial charge in [0.05, 0.1) is 6.10 Å². The summed E-state index contributed by atoms with van der Waals surface area (Å²) in [5.41, 5.74) is 4.50. The van der Waals surface area contributed by atoms with Gasteiger partial charge in [-0.15, -0.1) is 10.2 Å². The summed E-state index contributed by atoms with van der Waals surface area (Å²) in [6.07, 6.45) is -2.44. The van der Waals surface area contributed by atoms with Crippen molar-refractivity contribution in [3.05, 3.63) is 5.01 Å². The lowest BCUT2D eigenvalue weighted by molar-refractivity contribution is -0.166. The number of nitrogens with zero attached hydrogens (tertiary/aromatic N) is 2. The molecule has 0 spiro atoms. The average molecular weight is 320 g/mol. The first-order chi connectivity index (χ1) is 9.72. The second-order valence-electron chi connectivity index (χ2n) is 5.54. The van der Waals surface area contributed by atoms with E-state index in [2.05, 4.69) is 15.5 Å². The van der Waals surface area contributed by atoms with Crippen molar-refractivity contribution in [3.8, 4) is 0 Å². The number of nitrogens with two attached hydrogens (primary N) is 1. The summed E-state index contributed by atoms with van der Waals surface area (Å²) in [6.45, 7) is 6.11. The second-order valence-corrected chi connectivity index (χ2v) is 6.55. The molecule has 2 atom stereocenters. The Labute approximate surface area is 125 Å². The average Bonchev–Trinajstić information content (AvgIpc) is 2.86. The smallest absolute Gasteiger partial charge is 0.291 e. The lowest BCUT2D eigenvalue weighted by Crippen LogP contribution is -2.74. The molecule has 2 unspecified atom stereocenters. The molecule has 21 heavy (non-hydrogen) atoms. The van der Waals surface area contributed by atoms with E-state index in [-0.39, 0.29) is 11.2 Å². The Balaban J connectivity index is 2.06. The number of hydrogen-bond acceptors (Lipinski definition) is 6. The van der Waals surface area contributed by atoms with Gasteiger partial charge in [0, 0.05) is 18.4 Å². The normalized spacial score (nSPS) is 27.5. The van der Waals surface area contributed by atoms with Gasteiger partial charge < -0.3 is 10.5 Å². The lowest BCUT2D eigenvalue weighted by Gasteiger charge is -2.57. The van der Waals surface area contributed by atoms with Crippen molar-refractivity contribution >= 4 is 22.4 Å². The standard InChI is InChI=1S/C12H18F2N4O2S/c1-4-20-6-5-12(15,11(6,2)3)9(19)16-10-18-17-8(21-10)7(13)14/h6-7H,4-5,15H2,1-3H3,(H,16,18,19). The van der Waals surface area contributed by atoms with E-state index in [0.29, 0.717) is 24.4 Å². The number of amides is 1. The summed E-state index contributed by atoms with van der Waals surface area (Å²) in [7, 11) is 0. The summed E-state index contributed by atoms with van der Waals surface area (Å²) in [5, 5.41) is 8.90. The van der Waals surface area contributed by atoms with E-state index in [0.717, 1.165) is 0 Å². The third kappa shape index (κ3) is 2.65. The van der Waals surface area contributed by atoms with Crippen LogP contribution in [0.25, 0.3) is 0 Å². The molecule has 1 aliphatic rings. The molecule has 1 aromatic heterocycles. The molecule has 1 amide bonds. The largest absolute Gasteiger partial charge is 0.378 e. The van der Waals surface area contributed by atoms with E-state index in [9.17, 15) is 13.6 Å². The van der Waals surface area contributed by atoms with E-state index < -0.39 is 28.3 Å². The molecule has 1 aliphatic carbocycles. The fourth-order valence-corrected chi connectivity index (χ4v) is 3.00. The van der Waals surface area contributed by atoms with Gasteiger partial charge in [-0.05, 0) is 6.92 Å². The van der Waals surface area contributed by atoms with E-state index in [1.165, 1.54) is 0 Å². The first kappa shape index (κ1) is 16.2. The van der Waals surface area contributed by atoms with Crippen molar-refractivity contribution in [1.82, 2.24) is 10.2 Å². The van der Waals surface area contributed by atoms with E-state index >= 15 is 0 Å². The van der Waals surface area contributed by atoms with E-state index in [1.807, 2.05) is 20.8 Å². The minimum absolute atomic E-state index is 0.0239. The molecule has 3 N–H and O–H groups in total. The third-order valence-corrected chi connectivity index (χ3v) is 4.93. The molecule has 0 aliphatic heterocycles. The monoisotopic (exact) mass is 320 g/mol. The number of carbonyl (C=O) groups excluding carboxylic acids is 1. The Hall–Kier alpha value is -1.19. The lowest BCUT2D eigenvalue weighted by atomic mass is 9.54. The summed E-state index contributed by atoms with van der Waals surface area (Å²) in [4.78, 5) is 12.3. The summed E-state index contributed by atoms with van der Waals surface area (Å²) < 4.78 is 30.4. The maximum atomic E-state index is 12.4. The van der Waals surface area contributed by atoms with Crippen molar-refractivity contribution in [1.29, 1.82) is 0 Å². The third-order valence-electron chi connectivity index (χ3n) is 4.08. The highest BCUT2D eigenvalue weighted by Crippen LogP contribution is 2.50.